The fraction of sp³-hybridized carbons (Fsp3) is 1.00. The lowest BCUT2D eigenvalue weighted by atomic mass is 10.0. The predicted octanol–water partition coefficient (Wildman–Crippen LogP) is 1.24. The zero-order valence-electron chi connectivity index (χ0n) is 9.71. The standard InChI is InChI=1S/C12H24N2O/c1-2-11-15-12(4-1)5-3-8-14-9-6-13-7-10-14/h12-13H,1-11H2. The fourth-order valence-electron chi connectivity index (χ4n) is 2.51. The molecule has 2 fully saturated rings. The van der Waals surface area contributed by atoms with Gasteiger partial charge in [-0.15, -0.1) is 0 Å². The van der Waals surface area contributed by atoms with E-state index in [1.807, 2.05) is 0 Å². The van der Waals surface area contributed by atoms with E-state index in [0.29, 0.717) is 6.10 Å². The highest BCUT2D eigenvalue weighted by Gasteiger charge is 2.14. The third kappa shape index (κ3) is 4.09. The van der Waals surface area contributed by atoms with E-state index in [1.54, 1.807) is 0 Å². The molecule has 2 aliphatic heterocycles. The summed E-state index contributed by atoms with van der Waals surface area (Å²) in [7, 11) is 0. The van der Waals surface area contributed by atoms with Gasteiger partial charge in [0.15, 0.2) is 0 Å². The Bertz CT molecular complexity index is 145. The zero-order valence-corrected chi connectivity index (χ0v) is 9.71. The van der Waals surface area contributed by atoms with Crippen molar-refractivity contribution in [3.8, 4) is 0 Å². The van der Waals surface area contributed by atoms with Gasteiger partial charge < -0.3 is 15.0 Å². The van der Waals surface area contributed by atoms with Gasteiger partial charge in [-0.25, -0.2) is 0 Å². The molecule has 0 aromatic heterocycles. The molecule has 3 nitrogen and oxygen atoms in total. The molecular weight excluding hydrogens is 188 g/mol. The summed E-state index contributed by atoms with van der Waals surface area (Å²) in [6, 6.07) is 0. The molecule has 2 heterocycles. The second-order valence-electron chi connectivity index (χ2n) is 4.72. The zero-order chi connectivity index (χ0) is 10.3. The molecule has 88 valence electrons. The largest absolute Gasteiger partial charge is 0.378 e. The monoisotopic (exact) mass is 212 g/mol. The fourth-order valence-corrected chi connectivity index (χ4v) is 2.51. The molecule has 0 bridgehead atoms. The minimum Gasteiger partial charge on any atom is -0.378 e. The van der Waals surface area contributed by atoms with Gasteiger partial charge in [0.2, 0.25) is 0 Å². The summed E-state index contributed by atoms with van der Waals surface area (Å²) in [6.45, 7) is 7.05. The number of nitrogens with zero attached hydrogens (tertiary/aromatic N) is 1. The SMILES string of the molecule is C1CCC(CCCN2CCNCC2)OC1. The van der Waals surface area contributed by atoms with Gasteiger partial charge in [-0.2, -0.15) is 0 Å². The highest BCUT2D eigenvalue weighted by molar-refractivity contribution is 4.69. The van der Waals surface area contributed by atoms with Crippen LogP contribution in [0.5, 0.6) is 0 Å². The normalized spacial score (nSPS) is 29.2. The molecule has 0 amide bonds. The van der Waals surface area contributed by atoms with Crippen LogP contribution in [0.4, 0.5) is 0 Å². The van der Waals surface area contributed by atoms with Crippen molar-refractivity contribution < 1.29 is 4.74 Å². The van der Waals surface area contributed by atoms with Crippen LogP contribution in [-0.2, 0) is 4.74 Å². The Morgan fingerprint density at radius 1 is 1.20 bits per heavy atom. The molecule has 0 spiro atoms. The van der Waals surface area contributed by atoms with Crippen molar-refractivity contribution in [2.75, 3.05) is 39.3 Å². The van der Waals surface area contributed by atoms with Crippen molar-refractivity contribution in [1.29, 1.82) is 0 Å². The van der Waals surface area contributed by atoms with E-state index in [2.05, 4.69) is 10.2 Å². The lowest BCUT2D eigenvalue weighted by Gasteiger charge is -2.28. The van der Waals surface area contributed by atoms with E-state index in [0.717, 1.165) is 6.61 Å². The first kappa shape index (κ1) is 11.4. The molecule has 0 aromatic rings. The van der Waals surface area contributed by atoms with Gasteiger partial charge in [-0.3, -0.25) is 0 Å². The minimum atomic E-state index is 0.571. The van der Waals surface area contributed by atoms with Crippen LogP contribution < -0.4 is 5.32 Å². The van der Waals surface area contributed by atoms with Gasteiger partial charge in [-0.05, 0) is 38.6 Å². The van der Waals surface area contributed by atoms with Crippen molar-refractivity contribution in [2.45, 2.75) is 38.2 Å². The van der Waals surface area contributed by atoms with Crippen molar-refractivity contribution in [1.82, 2.24) is 10.2 Å². The quantitative estimate of drug-likeness (QED) is 0.759. The second kappa shape index (κ2) is 6.46. The Morgan fingerprint density at radius 2 is 2.07 bits per heavy atom. The van der Waals surface area contributed by atoms with Crippen molar-refractivity contribution in [2.24, 2.45) is 0 Å². The minimum absolute atomic E-state index is 0.571. The van der Waals surface area contributed by atoms with Crippen LogP contribution in [0, 0.1) is 0 Å². The van der Waals surface area contributed by atoms with Crippen LogP contribution in [0.2, 0.25) is 0 Å². The molecule has 1 atom stereocenters. The molecule has 3 heteroatoms. The Labute approximate surface area is 93.2 Å². The second-order valence-corrected chi connectivity index (χ2v) is 4.72. The van der Waals surface area contributed by atoms with E-state index < -0.39 is 0 Å². The first-order valence-corrected chi connectivity index (χ1v) is 6.50. The number of hydrogen-bond acceptors (Lipinski definition) is 3. The Balaban J connectivity index is 1.53. The van der Waals surface area contributed by atoms with Gasteiger partial charge in [0.25, 0.3) is 0 Å². The average Bonchev–Trinajstić information content (AvgIpc) is 2.32. The van der Waals surface area contributed by atoms with E-state index >= 15 is 0 Å². The highest BCUT2D eigenvalue weighted by atomic mass is 16.5. The smallest absolute Gasteiger partial charge is 0.0575 e. The van der Waals surface area contributed by atoms with Crippen LogP contribution in [-0.4, -0.2) is 50.3 Å². The summed E-state index contributed by atoms with van der Waals surface area (Å²) in [5.74, 6) is 0. The van der Waals surface area contributed by atoms with E-state index in [9.17, 15) is 0 Å². The van der Waals surface area contributed by atoms with E-state index in [4.69, 9.17) is 4.74 Å². The van der Waals surface area contributed by atoms with Gasteiger partial charge >= 0.3 is 0 Å². The van der Waals surface area contributed by atoms with Crippen LogP contribution in [0.15, 0.2) is 0 Å². The van der Waals surface area contributed by atoms with Crippen LogP contribution in [0.3, 0.4) is 0 Å². The molecule has 2 rings (SSSR count). The maximum absolute atomic E-state index is 5.74. The third-order valence-electron chi connectivity index (χ3n) is 3.48. The van der Waals surface area contributed by atoms with Gasteiger partial charge in [0.1, 0.15) is 0 Å². The molecule has 1 N–H and O–H groups in total. The number of hydrogen-bond donors (Lipinski definition) is 1. The molecular formula is C12H24N2O. The maximum Gasteiger partial charge on any atom is 0.0575 e. The first-order chi connectivity index (χ1) is 7.45. The predicted molar refractivity (Wildman–Crippen MR) is 62.1 cm³/mol. The Hall–Kier alpha value is -0.120. The number of nitrogens with one attached hydrogen (secondary N) is 1. The van der Waals surface area contributed by atoms with E-state index in [-0.39, 0.29) is 0 Å². The number of rotatable bonds is 4. The topological polar surface area (TPSA) is 24.5 Å². The summed E-state index contributed by atoms with van der Waals surface area (Å²) in [4.78, 5) is 2.57. The van der Waals surface area contributed by atoms with Gasteiger partial charge in [0, 0.05) is 32.8 Å². The molecule has 15 heavy (non-hydrogen) atoms. The molecule has 2 aliphatic rings. The lowest BCUT2D eigenvalue weighted by Crippen LogP contribution is -2.43. The van der Waals surface area contributed by atoms with Crippen molar-refractivity contribution >= 4 is 0 Å². The molecule has 0 aromatic carbocycles. The highest BCUT2D eigenvalue weighted by Crippen LogP contribution is 2.17. The Morgan fingerprint density at radius 3 is 2.80 bits per heavy atom. The first-order valence-electron chi connectivity index (χ1n) is 6.50. The van der Waals surface area contributed by atoms with Crippen molar-refractivity contribution in [3.63, 3.8) is 0 Å². The summed E-state index contributed by atoms with van der Waals surface area (Å²) in [6.07, 6.45) is 7.09. The maximum atomic E-state index is 5.74. The van der Waals surface area contributed by atoms with Crippen molar-refractivity contribution in [3.05, 3.63) is 0 Å². The summed E-state index contributed by atoms with van der Waals surface area (Å²) >= 11 is 0. The lowest BCUT2D eigenvalue weighted by molar-refractivity contribution is 0.00851. The summed E-state index contributed by atoms with van der Waals surface area (Å²) in [5.41, 5.74) is 0. The molecule has 1 unspecified atom stereocenters. The summed E-state index contributed by atoms with van der Waals surface area (Å²) in [5, 5.41) is 3.39. The number of ether oxygens (including phenoxy) is 1. The third-order valence-corrected chi connectivity index (χ3v) is 3.48. The Kier molecular flexibility index (Phi) is 4.90. The molecule has 0 radical (unpaired) electrons. The van der Waals surface area contributed by atoms with Crippen LogP contribution in [0.1, 0.15) is 32.1 Å². The number of piperazine rings is 1. The van der Waals surface area contributed by atoms with Gasteiger partial charge in [0.05, 0.1) is 6.10 Å². The molecule has 0 aliphatic carbocycles. The van der Waals surface area contributed by atoms with E-state index in [1.165, 1.54) is 64.8 Å². The molecule has 0 saturated carbocycles. The average molecular weight is 212 g/mol. The van der Waals surface area contributed by atoms with Crippen LogP contribution in [0.25, 0.3) is 0 Å². The molecule has 2 saturated heterocycles. The van der Waals surface area contributed by atoms with Gasteiger partial charge in [-0.1, -0.05) is 0 Å². The van der Waals surface area contributed by atoms with Crippen LogP contribution >= 0.6 is 0 Å². The summed E-state index contributed by atoms with van der Waals surface area (Å²) < 4.78 is 5.74.